The molecule has 0 saturated heterocycles. The van der Waals surface area contributed by atoms with Crippen molar-refractivity contribution >= 4 is 22.4 Å². The third-order valence-corrected chi connectivity index (χ3v) is 5.96. The summed E-state index contributed by atoms with van der Waals surface area (Å²) in [6.45, 7) is 3.97. The fourth-order valence-corrected chi connectivity index (χ4v) is 4.57. The van der Waals surface area contributed by atoms with Crippen LogP contribution < -0.4 is 5.32 Å². The van der Waals surface area contributed by atoms with Crippen LogP contribution in [0.25, 0.3) is 0 Å². The zero-order chi connectivity index (χ0) is 18.3. The van der Waals surface area contributed by atoms with E-state index in [1.165, 1.54) is 11.3 Å². The van der Waals surface area contributed by atoms with Gasteiger partial charge in [-0.2, -0.15) is 0 Å². The van der Waals surface area contributed by atoms with E-state index in [4.69, 9.17) is 0 Å². The van der Waals surface area contributed by atoms with Gasteiger partial charge in [0.25, 0.3) is 0 Å². The summed E-state index contributed by atoms with van der Waals surface area (Å²) in [7, 11) is 0. The third-order valence-electron chi connectivity index (χ3n) is 5.13. The van der Waals surface area contributed by atoms with Crippen molar-refractivity contribution in [2.24, 2.45) is 5.41 Å². The van der Waals surface area contributed by atoms with Crippen LogP contribution >= 0.6 is 11.3 Å². The minimum absolute atomic E-state index is 0.0450. The van der Waals surface area contributed by atoms with Gasteiger partial charge in [-0.1, -0.05) is 36.4 Å². The predicted octanol–water partition coefficient (Wildman–Crippen LogP) is 4.49. The van der Waals surface area contributed by atoms with Crippen LogP contribution in [0.15, 0.2) is 54.7 Å². The number of thiazole rings is 1. The van der Waals surface area contributed by atoms with Crippen molar-refractivity contribution in [3.05, 3.63) is 76.3 Å². The van der Waals surface area contributed by atoms with Gasteiger partial charge in [0.05, 0.1) is 5.41 Å². The first-order valence-electron chi connectivity index (χ1n) is 8.58. The molecule has 132 valence electrons. The van der Waals surface area contributed by atoms with Gasteiger partial charge in [0.1, 0.15) is 5.75 Å². The maximum Gasteiger partial charge on any atom is 0.233 e. The Labute approximate surface area is 156 Å². The van der Waals surface area contributed by atoms with Crippen molar-refractivity contribution in [2.45, 2.75) is 26.2 Å². The molecule has 0 bridgehead atoms. The van der Waals surface area contributed by atoms with Crippen LogP contribution in [0.1, 0.15) is 34.4 Å². The van der Waals surface area contributed by atoms with Crippen molar-refractivity contribution in [3.63, 3.8) is 0 Å². The molecule has 1 aromatic heterocycles. The van der Waals surface area contributed by atoms with Crippen molar-refractivity contribution < 1.29 is 9.90 Å². The van der Waals surface area contributed by atoms with Gasteiger partial charge in [-0.15, -0.1) is 11.3 Å². The molecule has 3 aromatic rings. The maximum atomic E-state index is 13.3. The van der Waals surface area contributed by atoms with Crippen molar-refractivity contribution in [3.8, 4) is 5.75 Å². The number of carbonyl (C=O) groups excluding carboxylic acids is 1. The van der Waals surface area contributed by atoms with Crippen LogP contribution in [0.5, 0.6) is 5.75 Å². The number of rotatable bonds is 3. The number of hydrogen-bond donors (Lipinski definition) is 2. The molecule has 4 nitrogen and oxygen atoms in total. The van der Waals surface area contributed by atoms with E-state index in [2.05, 4.69) is 10.3 Å². The summed E-state index contributed by atoms with van der Waals surface area (Å²) in [4.78, 5) is 18.6. The van der Waals surface area contributed by atoms with Crippen molar-refractivity contribution in [2.75, 3.05) is 5.32 Å². The molecular formula is C21H20N2O2S. The molecule has 2 N–H and O–H groups in total. The van der Waals surface area contributed by atoms with E-state index >= 15 is 0 Å². The zero-order valence-corrected chi connectivity index (χ0v) is 15.5. The third kappa shape index (κ3) is 2.78. The van der Waals surface area contributed by atoms with E-state index in [0.717, 1.165) is 21.6 Å². The van der Waals surface area contributed by atoms with Crippen molar-refractivity contribution in [1.82, 2.24) is 4.98 Å². The Morgan fingerprint density at radius 2 is 2.04 bits per heavy atom. The lowest BCUT2D eigenvalue weighted by Gasteiger charge is -2.30. The molecule has 0 saturated carbocycles. The molecule has 1 aliphatic carbocycles. The molecule has 1 heterocycles. The number of aryl methyl sites for hydroxylation is 1. The number of anilines is 1. The standard InChI is InChI=1S/C21H20N2O2S/c1-13-12-22-20(26-13)23-19(25)21(2)11-15-8-9-16(24)10-17(15)18(21)14-6-4-3-5-7-14/h3-10,12,18,24H,11H2,1-2H3,(H,22,23,25)/t18-,21+/m0/s1. The number of fused-ring (bicyclic) bond motifs is 1. The van der Waals surface area contributed by atoms with Crippen LogP contribution in [0, 0.1) is 12.3 Å². The second-order valence-corrected chi connectivity index (χ2v) is 8.29. The number of phenols is 1. The summed E-state index contributed by atoms with van der Waals surface area (Å²) in [5, 5.41) is 13.6. The van der Waals surface area contributed by atoms with E-state index in [1.54, 1.807) is 18.3 Å². The van der Waals surface area contributed by atoms with Crippen LogP contribution in [0.3, 0.4) is 0 Å². The number of benzene rings is 2. The van der Waals surface area contributed by atoms with Gasteiger partial charge in [0, 0.05) is 17.0 Å². The highest BCUT2D eigenvalue weighted by molar-refractivity contribution is 7.15. The first kappa shape index (κ1) is 16.8. The molecule has 5 heteroatoms. The average Bonchev–Trinajstić information content (AvgIpc) is 3.16. The van der Waals surface area contributed by atoms with Crippen LogP contribution in [-0.4, -0.2) is 16.0 Å². The van der Waals surface area contributed by atoms with E-state index < -0.39 is 5.41 Å². The summed E-state index contributed by atoms with van der Waals surface area (Å²) < 4.78 is 0. The lowest BCUT2D eigenvalue weighted by molar-refractivity contribution is -0.125. The molecule has 1 aliphatic rings. The number of hydrogen-bond acceptors (Lipinski definition) is 4. The van der Waals surface area contributed by atoms with Gasteiger partial charge in [-0.05, 0) is 49.1 Å². The second kappa shape index (κ2) is 6.25. The van der Waals surface area contributed by atoms with Gasteiger partial charge in [-0.25, -0.2) is 4.98 Å². The highest BCUT2D eigenvalue weighted by Gasteiger charge is 2.49. The quantitative estimate of drug-likeness (QED) is 0.720. The second-order valence-electron chi connectivity index (χ2n) is 7.05. The maximum absolute atomic E-state index is 13.3. The molecule has 0 aliphatic heterocycles. The first-order valence-corrected chi connectivity index (χ1v) is 9.39. The Morgan fingerprint density at radius 1 is 1.27 bits per heavy atom. The molecule has 26 heavy (non-hydrogen) atoms. The molecule has 0 radical (unpaired) electrons. The molecule has 0 unspecified atom stereocenters. The monoisotopic (exact) mass is 364 g/mol. The summed E-state index contributed by atoms with van der Waals surface area (Å²) in [5.41, 5.74) is 2.54. The number of nitrogens with one attached hydrogen (secondary N) is 1. The van der Waals surface area contributed by atoms with Gasteiger partial charge in [-0.3, -0.25) is 4.79 Å². The Bertz CT molecular complexity index is 967. The molecular weight excluding hydrogens is 344 g/mol. The smallest absolute Gasteiger partial charge is 0.233 e. The first-order chi connectivity index (χ1) is 12.5. The summed E-state index contributed by atoms with van der Waals surface area (Å²) in [6.07, 6.45) is 2.39. The largest absolute Gasteiger partial charge is 0.508 e. The van der Waals surface area contributed by atoms with Gasteiger partial charge >= 0.3 is 0 Å². The molecule has 1 amide bonds. The fraction of sp³-hybridized carbons (Fsp3) is 0.238. The number of phenolic OH excluding ortho intramolecular Hbond substituents is 1. The van der Waals surface area contributed by atoms with E-state index in [0.29, 0.717) is 11.6 Å². The molecule has 2 aromatic carbocycles. The fourth-order valence-electron chi connectivity index (χ4n) is 3.91. The van der Waals surface area contributed by atoms with Gasteiger partial charge in [0.2, 0.25) is 5.91 Å². The van der Waals surface area contributed by atoms with Crippen molar-refractivity contribution in [1.29, 1.82) is 0 Å². The number of aromatic hydroxyl groups is 1. The molecule has 4 rings (SSSR count). The summed E-state index contributed by atoms with van der Waals surface area (Å²) in [5.74, 6) is 0.0631. The van der Waals surface area contributed by atoms with E-state index in [-0.39, 0.29) is 17.6 Å². The molecule has 0 spiro atoms. The summed E-state index contributed by atoms with van der Waals surface area (Å²) in [6, 6.07) is 15.4. The van der Waals surface area contributed by atoms with Gasteiger partial charge in [0.15, 0.2) is 5.13 Å². The normalized spacial score (nSPS) is 21.4. The Morgan fingerprint density at radius 3 is 2.73 bits per heavy atom. The minimum atomic E-state index is -0.656. The van der Waals surface area contributed by atoms with Crippen LogP contribution in [0.2, 0.25) is 0 Å². The number of aromatic nitrogens is 1. The lowest BCUT2D eigenvalue weighted by Crippen LogP contribution is -2.37. The summed E-state index contributed by atoms with van der Waals surface area (Å²) >= 11 is 1.47. The minimum Gasteiger partial charge on any atom is -0.508 e. The highest BCUT2D eigenvalue weighted by atomic mass is 32.1. The Balaban J connectivity index is 1.77. The number of nitrogens with zero attached hydrogens (tertiary/aromatic N) is 1. The van der Waals surface area contributed by atoms with Crippen LogP contribution in [0.4, 0.5) is 5.13 Å². The predicted molar refractivity (Wildman–Crippen MR) is 104 cm³/mol. The van der Waals surface area contributed by atoms with Gasteiger partial charge < -0.3 is 10.4 Å². The Hall–Kier alpha value is -2.66. The Kier molecular flexibility index (Phi) is 4.04. The molecule has 2 atom stereocenters. The van der Waals surface area contributed by atoms with Crippen LogP contribution in [-0.2, 0) is 11.2 Å². The number of amides is 1. The molecule has 0 fully saturated rings. The highest BCUT2D eigenvalue weighted by Crippen LogP contribution is 2.52. The lowest BCUT2D eigenvalue weighted by atomic mass is 9.73. The van der Waals surface area contributed by atoms with E-state index in [1.807, 2.05) is 50.2 Å². The zero-order valence-electron chi connectivity index (χ0n) is 14.7. The average molecular weight is 364 g/mol. The number of carbonyl (C=O) groups is 1. The SMILES string of the molecule is Cc1cnc(NC(=O)[C@]2(C)Cc3ccc(O)cc3[C@@H]2c2ccccc2)s1. The topological polar surface area (TPSA) is 62.2 Å². The van der Waals surface area contributed by atoms with E-state index in [9.17, 15) is 9.90 Å².